The van der Waals surface area contributed by atoms with Crippen molar-refractivity contribution in [1.82, 2.24) is 9.97 Å². The number of benzene rings is 2. The first-order valence-corrected chi connectivity index (χ1v) is 11.4. The zero-order valence-electron chi connectivity index (χ0n) is 15.7. The van der Waals surface area contributed by atoms with E-state index < -0.39 is 9.84 Å². The fraction of sp³-hybridized carbons (Fsp3) is 0.333. The lowest BCUT2D eigenvalue weighted by molar-refractivity contribution is 0.553. The van der Waals surface area contributed by atoms with Crippen molar-refractivity contribution < 1.29 is 8.42 Å². The molecule has 1 aromatic heterocycles. The molecule has 2 unspecified atom stereocenters. The van der Waals surface area contributed by atoms with Crippen LogP contribution in [0.5, 0.6) is 0 Å². The van der Waals surface area contributed by atoms with Crippen LogP contribution in [0.25, 0.3) is 10.9 Å². The van der Waals surface area contributed by atoms with Crippen molar-refractivity contribution in [3.63, 3.8) is 0 Å². The lowest BCUT2D eigenvalue weighted by Gasteiger charge is -2.29. The lowest BCUT2D eigenvalue weighted by Crippen LogP contribution is -2.31. The number of hydrogen-bond acceptors (Lipinski definition) is 6. The van der Waals surface area contributed by atoms with Gasteiger partial charge >= 0.3 is 0 Å². The van der Waals surface area contributed by atoms with Gasteiger partial charge in [0.1, 0.15) is 12.1 Å². The van der Waals surface area contributed by atoms with Crippen molar-refractivity contribution >= 4 is 37.9 Å². The van der Waals surface area contributed by atoms with Gasteiger partial charge in [-0.3, -0.25) is 0 Å². The molecule has 0 spiro atoms. The molecule has 1 saturated heterocycles. The topological polar surface area (TPSA) is 75.2 Å². The third-order valence-corrected chi connectivity index (χ3v) is 7.02. The van der Waals surface area contributed by atoms with Gasteiger partial charge in [0, 0.05) is 35.6 Å². The Morgan fingerprint density at radius 2 is 1.89 bits per heavy atom. The molecule has 2 aromatic carbocycles. The molecule has 0 amide bonds. The van der Waals surface area contributed by atoms with Gasteiger partial charge in [0.25, 0.3) is 0 Å². The van der Waals surface area contributed by atoms with Gasteiger partial charge in [0.2, 0.25) is 0 Å². The van der Waals surface area contributed by atoms with E-state index in [9.17, 15) is 8.42 Å². The van der Waals surface area contributed by atoms with Gasteiger partial charge in [-0.2, -0.15) is 0 Å². The van der Waals surface area contributed by atoms with Crippen molar-refractivity contribution in [3.05, 3.63) is 48.8 Å². The summed E-state index contributed by atoms with van der Waals surface area (Å²) in [6.07, 6.45) is 6.70. The van der Waals surface area contributed by atoms with Gasteiger partial charge in [-0.15, -0.1) is 0 Å². The second-order valence-corrected chi connectivity index (χ2v) is 9.85. The van der Waals surface area contributed by atoms with E-state index in [1.54, 1.807) is 18.2 Å². The van der Waals surface area contributed by atoms with E-state index in [4.69, 9.17) is 0 Å². The molecule has 2 bridgehead atoms. The van der Waals surface area contributed by atoms with Crippen LogP contribution in [-0.4, -0.2) is 37.2 Å². The van der Waals surface area contributed by atoms with Crippen LogP contribution in [0.2, 0.25) is 0 Å². The smallest absolute Gasteiger partial charge is 0.175 e. The summed E-state index contributed by atoms with van der Waals surface area (Å²) in [4.78, 5) is 11.4. The van der Waals surface area contributed by atoms with Crippen LogP contribution in [0.4, 0.5) is 17.2 Å². The Bertz CT molecular complexity index is 1140. The molecule has 2 atom stereocenters. The van der Waals surface area contributed by atoms with Crippen LogP contribution in [0.1, 0.15) is 19.3 Å². The standard InChI is InChI=1S/C21H22N4O2S/c1-28(26,27)18-8-9-20-19(11-18)21(23-13-22-20)24-15-3-6-16(7-4-15)25-12-14-2-5-17(25)10-14/h3-4,6-9,11,13-14,17H,2,5,10,12H2,1H3,(H,22,23,24). The first kappa shape index (κ1) is 17.4. The van der Waals surface area contributed by atoms with E-state index in [2.05, 4.69) is 44.5 Å². The molecule has 2 heterocycles. The molecule has 2 fully saturated rings. The summed E-state index contributed by atoms with van der Waals surface area (Å²) in [6, 6.07) is 14.0. The quantitative estimate of drug-likeness (QED) is 0.726. The minimum Gasteiger partial charge on any atom is -0.368 e. The molecule has 1 N–H and O–H groups in total. The summed E-state index contributed by atoms with van der Waals surface area (Å²) in [5.41, 5.74) is 2.89. The van der Waals surface area contributed by atoms with E-state index in [1.165, 1.54) is 44.1 Å². The highest BCUT2D eigenvalue weighted by molar-refractivity contribution is 7.90. The summed E-state index contributed by atoms with van der Waals surface area (Å²) < 4.78 is 23.8. The minimum absolute atomic E-state index is 0.261. The van der Waals surface area contributed by atoms with Crippen molar-refractivity contribution in [2.24, 2.45) is 5.92 Å². The number of fused-ring (bicyclic) bond motifs is 3. The predicted octanol–water partition coefficient (Wildman–Crippen LogP) is 3.77. The summed E-state index contributed by atoms with van der Waals surface area (Å²) in [5, 5.41) is 4.00. The number of aromatic nitrogens is 2. The highest BCUT2D eigenvalue weighted by atomic mass is 32.2. The summed E-state index contributed by atoms with van der Waals surface area (Å²) >= 11 is 0. The van der Waals surface area contributed by atoms with Crippen LogP contribution in [-0.2, 0) is 9.84 Å². The largest absolute Gasteiger partial charge is 0.368 e. The van der Waals surface area contributed by atoms with Crippen LogP contribution in [0.15, 0.2) is 53.7 Å². The van der Waals surface area contributed by atoms with Gasteiger partial charge < -0.3 is 10.2 Å². The van der Waals surface area contributed by atoms with Gasteiger partial charge in [-0.25, -0.2) is 18.4 Å². The molecular formula is C21H22N4O2S. The molecule has 7 heteroatoms. The number of hydrogen-bond donors (Lipinski definition) is 1. The molecule has 28 heavy (non-hydrogen) atoms. The summed E-state index contributed by atoms with van der Waals surface area (Å²) in [6.45, 7) is 1.17. The molecule has 6 nitrogen and oxygen atoms in total. The normalized spacial score (nSPS) is 21.4. The molecule has 1 aliphatic carbocycles. The second kappa shape index (κ2) is 6.44. The lowest BCUT2D eigenvalue weighted by atomic mass is 10.1. The maximum atomic E-state index is 11.9. The SMILES string of the molecule is CS(=O)(=O)c1ccc2ncnc(Nc3ccc(N4CC5CCC4C5)cc3)c2c1. The molecule has 144 valence electrons. The van der Waals surface area contributed by atoms with Gasteiger partial charge in [-0.05, 0) is 67.6 Å². The van der Waals surface area contributed by atoms with Crippen molar-refractivity contribution in [2.75, 3.05) is 23.0 Å². The maximum absolute atomic E-state index is 11.9. The molecule has 3 aromatic rings. The third-order valence-electron chi connectivity index (χ3n) is 5.91. The van der Waals surface area contributed by atoms with Crippen LogP contribution >= 0.6 is 0 Å². The summed E-state index contributed by atoms with van der Waals surface area (Å²) in [7, 11) is -3.29. The van der Waals surface area contributed by atoms with Crippen molar-refractivity contribution in [2.45, 2.75) is 30.2 Å². The maximum Gasteiger partial charge on any atom is 0.175 e. The highest BCUT2D eigenvalue weighted by Gasteiger charge is 2.37. The van der Waals surface area contributed by atoms with Crippen LogP contribution < -0.4 is 10.2 Å². The zero-order valence-corrected chi connectivity index (χ0v) is 16.5. The summed E-state index contributed by atoms with van der Waals surface area (Å²) in [5.74, 6) is 1.46. The highest BCUT2D eigenvalue weighted by Crippen LogP contribution is 2.40. The fourth-order valence-electron chi connectivity index (χ4n) is 4.48. The Labute approximate surface area is 164 Å². The van der Waals surface area contributed by atoms with E-state index in [1.807, 2.05) is 0 Å². The third kappa shape index (κ3) is 3.09. The number of piperidine rings is 1. The molecule has 1 aliphatic heterocycles. The van der Waals surface area contributed by atoms with Crippen LogP contribution in [0, 0.1) is 5.92 Å². The van der Waals surface area contributed by atoms with E-state index >= 15 is 0 Å². The number of rotatable bonds is 4. The van der Waals surface area contributed by atoms with Crippen LogP contribution in [0.3, 0.4) is 0 Å². The Morgan fingerprint density at radius 3 is 2.57 bits per heavy atom. The zero-order chi connectivity index (χ0) is 19.3. The van der Waals surface area contributed by atoms with Gasteiger partial charge in [-0.1, -0.05) is 0 Å². The van der Waals surface area contributed by atoms with E-state index in [0.717, 1.165) is 11.6 Å². The molecule has 5 rings (SSSR count). The van der Waals surface area contributed by atoms with E-state index in [-0.39, 0.29) is 4.90 Å². The monoisotopic (exact) mass is 394 g/mol. The number of sulfone groups is 1. The molecule has 2 aliphatic rings. The van der Waals surface area contributed by atoms with Crippen molar-refractivity contribution in [1.29, 1.82) is 0 Å². The Balaban J connectivity index is 1.43. The fourth-order valence-corrected chi connectivity index (χ4v) is 5.13. The van der Waals surface area contributed by atoms with Gasteiger partial charge in [0.15, 0.2) is 9.84 Å². The average molecular weight is 395 g/mol. The Hall–Kier alpha value is -2.67. The number of nitrogens with one attached hydrogen (secondary N) is 1. The molecular weight excluding hydrogens is 372 g/mol. The number of nitrogens with zero attached hydrogens (tertiary/aromatic N) is 3. The first-order valence-electron chi connectivity index (χ1n) is 9.56. The molecule has 0 radical (unpaired) electrons. The second-order valence-electron chi connectivity index (χ2n) is 7.83. The van der Waals surface area contributed by atoms with Crippen molar-refractivity contribution in [3.8, 4) is 0 Å². The number of anilines is 3. The Kier molecular flexibility index (Phi) is 4.01. The first-order chi connectivity index (χ1) is 13.5. The Morgan fingerprint density at radius 1 is 1.07 bits per heavy atom. The minimum atomic E-state index is -3.29. The van der Waals surface area contributed by atoms with Gasteiger partial charge in [0.05, 0.1) is 10.4 Å². The average Bonchev–Trinajstić information content (AvgIpc) is 3.31. The molecule has 1 saturated carbocycles. The van der Waals surface area contributed by atoms with E-state index in [0.29, 0.717) is 22.8 Å². The predicted molar refractivity (Wildman–Crippen MR) is 111 cm³/mol.